The van der Waals surface area contributed by atoms with Gasteiger partial charge in [0.25, 0.3) is 0 Å². The first-order chi connectivity index (χ1) is 7.69. The van der Waals surface area contributed by atoms with E-state index in [0.717, 1.165) is 12.8 Å². The fourth-order valence-corrected chi connectivity index (χ4v) is 2.06. The van der Waals surface area contributed by atoms with Gasteiger partial charge in [-0.3, -0.25) is 9.59 Å². The van der Waals surface area contributed by atoms with Gasteiger partial charge in [-0.25, -0.2) is 0 Å². The molecule has 1 heterocycles. The average molecular weight is 248 g/mol. The molecule has 0 aromatic heterocycles. The molecule has 0 spiro atoms. The van der Waals surface area contributed by atoms with E-state index in [4.69, 9.17) is 11.6 Å². The molecule has 1 atom stereocenters. The standard InChI is InChI=1S/C11H18ClNO3/c1-16-11(15)9-5-7-13(8-9)10(14)4-2-3-6-12/h9H,2-8H2,1H3. The molecular formula is C11H18ClNO3. The highest BCUT2D eigenvalue weighted by atomic mass is 35.5. The maximum absolute atomic E-state index is 11.7. The van der Waals surface area contributed by atoms with Gasteiger partial charge in [-0.1, -0.05) is 0 Å². The Labute approximate surface area is 101 Å². The molecule has 0 aromatic rings. The highest BCUT2D eigenvalue weighted by Crippen LogP contribution is 2.18. The van der Waals surface area contributed by atoms with Crippen LogP contribution >= 0.6 is 11.6 Å². The number of alkyl halides is 1. The second-order valence-corrected chi connectivity index (χ2v) is 4.37. The second-order valence-electron chi connectivity index (χ2n) is 3.99. The minimum atomic E-state index is -0.212. The van der Waals surface area contributed by atoms with Crippen molar-refractivity contribution >= 4 is 23.5 Å². The fourth-order valence-electron chi connectivity index (χ4n) is 1.87. The maximum atomic E-state index is 11.7. The number of methoxy groups -OCH3 is 1. The van der Waals surface area contributed by atoms with Crippen molar-refractivity contribution in [2.75, 3.05) is 26.1 Å². The van der Waals surface area contributed by atoms with Crippen molar-refractivity contribution in [3.05, 3.63) is 0 Å². The number of nitrogens with zero attached hydrogens (tertiary/aromatic N) is 1. The van der Waals surface area contributed by atoms with Crippen LogP contribution in [0.25, 0.3) is 0 Å². The van der Waals surface area contributed by atoms with E-state index in [1.165, 1.54) is 7.11 Å². The van der Waals surface area contributed by atoms with Crippen LogP contribution in [0.1, 0.15) is 25.7 Å². The third-order valence-electron chi connectivity index (χ3n) is 2.85. The van der Waals surface area contributed by atoms with Gasteiger partial charge in [0.05, 0.1) is 13.0 Å². The lowest BCUT2D eigenvalue weighted by Crippen LogP contribution is -2.30. The molecule has 1 saturated heterocycles. The number of hydrogen-bond donors (Lipinski definition) is 0. The van der Waals surface area contributed by atoms with E-state index in [1.54, 1.807) is 4.90 Å². The summed E-state index contributed by atoms with van der Waals surface area (Å²) in [6.45, 7) is 1.17. The van der Waals surface area contributed by atoms with E-state index in [0.29, 0.717) is 31.8 Å². The van der Waals surface area contributed by atoms with Gasteiger partial charge in [0, 0.05) is 25.4 Å². The number of carbonyl (C=O) groups excluding carboxylic acids is 2. The van der Waals surface area contributed by atoms with Crippen molar-refractivity contribution in [2.45, 2.75) is 25.7 Å². The van der Waals surface area contributed by atoms with Crippen LogP contribution in [0.15, 0.2) is 0 Å². The molecule has 1 fully saturated rings. The van der Waals surface area contributed by atoms with Crippen LogP contribution < -0.4 is 0 Å². The van der Waals surface area contributed by atoms with Crippen LogP contribution in [0.5, 0.6) is 0 Å². The Kier molecular flexibility index (Phi) is 5.60. The highest BCUT2D eigenvalue weighted by molar-refractivity contribution is 6.17. The van der Waals surface area contributed by atoms with E-state index < -0.39 is 0 Å². The lowest BCUT2D eigenvalue weighted by Gasteiger charge is -2.15. The molecule has 4 nitrogen and oxygen atoms in total. The van der Waals surface area contributed by atoms with Crippen molar-refractivity contribution in [2.24, 2.45) is 5.92 Å². The van der Waals surface area contributed by atoms with Gasteiger partial charge in [-0.05, 0) is 19.3 Å². The van der Waals surface area contributed by atoms with Gasteiger partial charge in [0.2, 0.25) is 5.91 Å². The summed E-state index contributed by atoms with van der Waals surface area (Å²) in [7, 11) is 1.38. The van der Waals surface area contributed by atoms with Crippen molar-refractivity contribution in [3.63, 3.8) is 0 Å². The Morgan fingerprint density at radius 2 is 2.19 bits per heavy atom. The summed E-state index contributed by atoms with van der Waals surface area (Å²) < 4.78 is 4.67. The average Bonchev–Trinajstić information content (AvgIpc) is 2.77. The number of amides is 1. The van der Waals surface area contributed by atoms with E-state index in [1.807, 2.05) is 0 Å². The van der Waals surface area contributed by atoms with Gasteiger partial charge in [0.1, 0.15) is 0 Å². The molecule has 5 heteroatoms. The number of likely N-dealkylation sites (tertiary alicyclic amines) is 1. The molecule has 1 rings (SSSR count). The first-order valence-electron chi connectivity index (χ1n) is 5.60. The smallest absolute Gasteiger partial charge is 0.310 e. The molecule has 0 saturated carbocycles. The summed E-state index contributed by atoms with van der Waals surface area (Å²) in [5, 5.41) is 0. The summed E-state index contributed by atoms with van der Waals surface area (Å²) in [5.41, 5.74) is 0. The minimum Gasteiger partial charge on any atom is -0.469 e. The van der Waals surface area contributed by atoms with E-state index in [9.17, 15) is 9.59 Å². The SMILES string of the molecule is COC(=O)C1CCN(C(=O)CCCCCl)C1. The first-order valence-corrected chi connectivity index (χ1v) is 6.14. The maximum Gasteiger partial charge on any atom is 0.310 e. The molecule has 16 heavy (non-hydrogen) atoms. The zero-order valence-electron chi connectivity index (χ0n) is 9.58. The Morgan fingerprint density at radius 3 is 2.81 bits per heavy atom. The quantitative estimate of drug-likeness (QED) is 0.419. The largest absolute Gasteiger partial charge is 0.469 e. The fraction of sp³-hybridized carbons (Fsp3) is 0.818. The number of carbonyl (C=O) groups is 2. The molecule has 1 amide bonds. The van der Waals surface area contributed by atoms with Crippen molar-refractivity contribution < 1.29 is 14.3 Å². The van der Waals surface area contributed by atoms with Gasteiger partial charge >= 0.3 is 5.97 Å². The summed E-state index contributed by atoms with van der Waals surface area (Å²) >= 11 is 5.54. The number of esters is 1. The Hall–Kier alpha value is -0.770. The third kappa shape index (κ3) is 3.67. The lowest BCUT2D eigenvalue weighted by atomic mass is 10.1. The van der Waals surface area contributed by atoms with Gasteiger partial charge < -0.3 is 9.64 Å². The minimum absolute atomic E-state index is 0.122. The van der Waals surface area contributed by atoms with E-state index in [-0.39, 0.29) is 17.8 Å². The number of ether oxygens (including phenoxy) is 1. The number of halogens is 1. The van der Waals surface area contributed by atoms with E-state index in [2.05, 4.69) is 4.74 Å². The number of rotatable bonds is 5. The molecular weight excluding hydrogens is 230 g/mol. The Morgan fingerprint density at radius 1 is 1.44 bits per heavy atom. The normalized spacial score (nSPS) is 19.9. The second kappa shape index (κ2) is 6.74. The Balaban J connectivity index is 2.29. The van der Waals surface area contributed by atoms with Crippen LogP contribution in [0.3, 0.4) is 0 Å². The predicted molar refractivity (Wildman–Crippen MR) is 61.3 cm³/mol. The van der Waals surface area contributed by atoms with Crippen molar-refractivity contribution in [1.29, 1.82) is 0 Å². The molecule has 0 bridgehead atoms. The van der Waals surface area contributed by atoms with Crippen LogP contribution in [-0.2, 0) is 14.3 Å². The molecule has 0 N–H and O–H groups in total. The van der Waals surface area contributed by atoms with E-state index >= 15 is 0 Å². The summed E-state index contributed by atoms with van der Waals surface area (Å²) in [4.78, 5) is 24.7. The molecule has 1 aliphatic heterocycles. The summed E-state index contributed by atoms with van der Waals surface area (Å²) in [5.74, 6) is 0.368. The molecule has 0 radical (unpaired) electrons. The van der Waals surface area contributed by atoms with Crippen molar-refractivity contribution in [3.8, 4) is 0 Å². The zero-order valence-corrected chi connectivity index (χ0v) is 10.3. The molecule has 92 valence electrons. The van der Waals surface area contributed by atoms with Gasteiger partial charge in [-0.15, -0.1) is 11.6 Å². The topological polar surface area (TPSA) is 46.6 Å². The molecule has 0 aliphatic carbocycles. The number of unbranched alkanes of at least 4 members (excludes halogenated alkanes) is 1. The van der Waals surface area contributed by atoms with Gasteiger partial charge in [0.15, 0.2) is 0 Å². The molecule has 1 unspecified atom stereocenters. The van der Waals surface area contributed by atoms with Crippen molar-refractivity contribution in [1.82, 2.24) is 4.90 Å². The first kappa shape index (κ1) is 13.3. The lowest BCUT2D eigenvalue weighted by molar-refractivity contribution is -0.145. The van der Waals surface area contributed by atoms with Gasteiger partial charge in [-0.2, -0.15) is 0 Å². The summed E-state index contributed by atoms with van der Waals surface area (Å²) in [6.07, 6.45) is 2.93. The third-order valence-corrected chi connectivity index (χ3v) is 3.12. The predicted octanol–water partition coefficient (Wildman–Crippen LogP) is 1.42. The molecule has 1 aliphatic rings. The Bertz CT molecular complexity index is 258. The van der Waals surface area contributed by atoms with Crippen LogP contribution in [0.2, 0.25) is 0 Å². The zero-order chi connectivity index (χ0) is 12.0. The van der Waals surface area contributed by atoms with Crippen LogP contribution in [0.4, 0.5) is 0 Å². The monoisotopic (exact) mass is 247 g/mol. The molecule has 0 aromatic carbocycles. The number of hydrogen-bond acceptors (Lipinski definition) is 3. The van der Waals surface area contributed by atoms with Crippen LogP contribution in [0, 0.1) is 5.92 Å². The summed E-state index contributed by atoms with van der Waals surface area (Å²) in [6, 6.07) is 0. The highest BCUT2D eigenvalue weighted by Gasteiger charge is 2.31. The van der Waals surface area contributed by atoms with Crippen LogP contribution in [-0.4, -0.2) is 42.9 Å².